The molecule has 0 aromatic heterocycles. The number of aliphatic carboxylic acids is 1. The summed E-state index contributed by atoms with van der Waals surface area (Å²) in [5.74, 6) is -4.29. The molecule has 0 aromatic rings. The summed E-state index contributed by atoms with van der Waals surface area (Å²) in [6.07, 6.45) is -4.21. The fourth-order valence-corrected chi connectivity index (χ4v) is 0.977. The molecule has 0 rings (SSSR count). The second-order valence-corrected chi connectivity index (χ2v) is 3.03. The van der Waals surface area contributed by atoms with Gasteiger partial charge < -0.3 is 10.4 Å². The van der Waals surface area contributed by atoms with Crippen LogP contribution in [0.15, 0.2) is 0 Å². The predicted molar refractivity (Wildman–Crippen MR) is 45.1 cm³/mol. The van der Waals surface area contributed by atoms with Crippen molar-refractivity contribution in [1.29, 1.82) is 0 Å². The van der Waals surface area contributed by atoms with Gasteiger partial charge in [-0.3, -0.25) is 9.59 Å². The van der Waals surface area contributed by atoms with Gasteiger partial charge in [-0.15, -0.1) is 0 Å². The van der Waals surface area contributed by atoms with Crippen molar-refractivity contribution in [3.05, 3.63) is 0 Å². The van der Waals surface area contributed by atoms with Crippen molar-refractivity contribution in [3.63, 3.8) is 0 Å². The Morgan fingerprint density at radius 1 is 1.40 bits per heavy atom. The summed E-state index contributed by atoms with van der Waals surface area (Å²) in [5.41, 5.74) is 0. The largest absolute Gasteiger partial charge is 0.481 e. The van der Waals surface area contributed by atoms with Crippen molar-refractivity contribution in [1.82, 2.24) is 5.32 Å². The van der Waals surface area contributed by atoms with Crippen molar-refractivity contribution >= 4 is 11.9 Å². The van der Waals surface area contributed by atoms with Crippen LogP contribution in [0.25, 0.3) is 0 Å². The van der Waals surface area contributed by atoms with E-state index in [1.165, 1.54) is 0 Å². The average Bonchev–Trinajstić information content (AvgIpc) is 2.09. The summed E-state index contributed by atoms with van der Waals surface area (Å²) >= 11 is 0. The van der Waals surface area contributed by atoms with Crippen molar-refractivity contribution in [3.8, 4) is 0 Å². The number of halogens is 3. The van der Waals surface area contributed by atoms with Crippen molar-refractivity contribution in [2.24, 2.45) is 5.92 Å². The molecule has 0 saturated carbocycles. The molecule has 2 N–H and O–H groups in total. The zero-order chi connectivity index (χ0) is 12.1. The van der Waals surface area contributed by atoms with Crippen LogP contribution in [0.2, 0.25) is 0 Å². The lowest BCUT2D eigenvalue weighted by Gasteiger charge is -2.13. The molecule has 1 unspecified atom stereocenters. The van der Waals surface area contributed by atoms with Gasteiger partial charge in [0.1, 0.15) is 0 Å². The number of carbonyl (C=O) groups excluding carboxylic acids is 1. The number of carboxylic acid groups (broad SMARTS) is 1. The Bertz CT molecular complexity index is 240. The summed E-state index contributed by atoms with van der Waals surface area (Å²) in [4.78, 5) is 20.9. The van der Waals surface area contributed by atoms with Crippen LogP contribution in [0, 0.1) is 5.92 Å². The Labute approximate surface area is 84.5 Å². The van der Waals surface area contributed by atoms with E-state index in [0.717, 1.165) is 0 Å². The predicted octanol–water partition coefficient (Wildman–Crippen LogP) is 1.17. The molecule has 0 bridgehead atoms. The van der Waals surface area contributed by atoms with E-state index in [1.807, 2.05) is 0 Å². The standard InChI is InChI=1S/C8H12F3NO3/c1-2-3-5(6(13)14)4-12-7(15)8(9,10)11/h5H,2-4H2,1H3,(H,12,15)(H,13,14). The van der Waals surface area contributed by atoms with Gasteiger partial charge in [-0.2, -0.15) is 13.2 Å². The van der Waals surface area contributed by atoms with E-state index in [0.29, 0.717) is 6.42 Å². The first-order valence-corrected chi connectivity index (χ1v) is 4.36. The normalized spacial score (nSPS) is 13.3. The third kappa shape index (κ3) is 5.24. The number of nitrogens with one attached hydrogen (secondary N) is 1. The van der Waals surface area contributed by atoms with Gasteiger partial charge >= 0.3 is 18.1 Å². The topological polar surface area (TPSA) is 66.4 Å². The molecule has 0 aliphatic carbocycles. The number of carbonyl (C=O) groups is 2. The maximum Gasteiger partial charge on any atom is 0.471 e. The van der Waals surface area contributed by atoms with Crippen molar-refractivity contribution < 1.29 is 27.9 Å². The third-order valence-corrected chi connectivity index (χ3v) is 1.75. The summed E-state index contributed by atoms with van der Waals surface area (Å²) in [5, 5.41) is 10.1. The number of hydrogen-bond acceptors (Lipinski definition) is 2. The second-order valence-electron chi connectivity index (χ2n) is 3.03. The number of amides is 1. The molecule has 7 heteroatoms. The molecule has 0 heterocycles. The molecule has 1 atom stereocenters. The summed E-state index contributed by atoms with van der Waals surface area (Å²) in [6.45, 7) is 1.21. The van der Waals surface area contributed by atoms with E-state index < -0.39 is 30.5 Å². The zero-order valence-electron chi connectivity index (χ0n) is 8.10. The van der Waals surface area contributed by atoms with Crippen LogP contribution in [-0.2, 0) is 9.59 Å². The highest BCUT2D eigenvalue weighted by Crippen LogP contribution is 2.14. The number of alkyl halides is 3. The lowest BCUT2D eigenvalue weighted by Crippen LogP contribution is -2.40. The molecule has 0 aromatic carbocycles. The Kier molecular flexibility index (Phi) is 5.10. The lowest BCUT2D eigenvalue weighted by atomic mass is 10.0. The SMILES string of the molecule is CCCC(CNC(=O)C(F)(F)F)C(=O)O. The van der Waals surface area contributed by atoms with E-state index in [-0.39, 0.29) is 6.42 Å². The zero-order valence-corrected chi connectivity index (χ0v) is 8.10. The van der Waals surface area contributed by atoms with Crippen LogP contribution in [0.1, 0.15) is 19.8 Å². The minimum absolute atomic E-state index is 0.230. The summed E-state index contributed by atoms with van der Waals surface area (Å²) in [6, 6.07) is 0. The number of carboxylic acids is 1. The number of rotatable bonds is 5. The molecule has 1 amide bonds. The minimum Gasteiger partial charge on any atom is -0.481 e. The van der Waals surface area contributed by atoms with Crippen molar-refractivity contribution in [2.45, 2.75) is 25.9 Å². The maximum absolute atomic E-state index is 11.7. The van der Waals surface area contributed by atoms with Gasteiger partial charge in [0.05, 0.1) is 5.92 Å². The molecule has 0 aliphatic heterocycles. The van der Waals surface area contributed by atoms with Crippen LogP contribution in [0.3, 0.4) is 0 Å². The van der Waals surface area contributed by atoms with Gasteiger partial charge in [0.25, 0.3) is 0 Å². The third-order valence-electron chi connectivity index (χ3n) is 1.75. The van der Waals surface area contributed by atoms with Gasteiger partial charge in [0, 0.05) is 6.54 Å². The van der Waals surface area contributed by atoms with E-state index >= 15 is 0 Å². The van der Waals surface area contributed by atoms with E-state index in [1.54, 1.807) is 12.2 Å². The molecule has 4 nitrogen and oxygen atoms in total. The van der Waals surface area contributed by atoms with Gasteiger partial charge in [-0.05, 0) is 6.42 Å². The van der Waals surface area contributed by atoms with Gasteiger partial charge in [0.2, 0.25) is 0 Å². The Hall–Kier alpha value is -1.27. The monoisotopic (exact) mass is 227 g/mol. The van der Waals surface area contributed by atoms with Crippen LogP contribution in [-0.4, -0.2) is 29.7 Å². The molecule has 15 heavy (non-hydrogen) atoms. The molecule has 0 saturated heterocycles. The summed E-state index contributed by atoms with van der Waals surface area (Å²) in [7, 11) is 0. The lowest BCUT2D eigenvalue weighted by molar-refractivity contribution is -0.174. The van der Waals surface area contributed by atoms with Crippen LogP contribution >= 0.6 is 0 Å². The molecule has 88 valence electrons. The first-order valence-electron chi connectivity index (χ1n) is 4.36. The summed E-state index contributed by atoms with van der Waals surface area (Å²) < 4.78 is 35.2. The molecular formula is C8H12F3NO3. The highest BCUT2D eigenvalue weighted by Gasteiger charge is 2.38. The Morgan fingerprint density at radius 2 is 1.93 bits per heavy atom. The van der Waals surface area contributed by atoms with Crippen molar-refractivity contribution in [2.75, 3.05) is 6.54 Å². The molecule has 0 spiro atoms. The number of hydrogen-bond donors (Lipinski definition) is 2. The fraction of sp³-hybridized carbons (Fsp3) is 0.750. The first-order chi connectivity index (χ1) is 6.79. The highest BCUT2D eigenvalue weighted by atomic mass is 19.4. The second kappa shape index (κ2) is 5.57. The van der Waals surface area contributed by atoms with E-state index in [2.05, 4.69) is 0 Å². The first kappa shape index (κ1) is 13.7. The maximum atomic E-state index is 11.7. The smallest absolute Gasteiger partial charge is 0.471 e. The molecule has 0 fully saturated rings. The average molecular weight is 227 g/mol. The van der Waals surface area contributed by atoms with Gasteiger partial charge in [-0.25, -0.2) is 0 Å². The highest BCUT2D eigenvalue weighted by molar-refractivity contribution is 5.82. The van der Waals surface area contributed by atoms with Crippen LogP contribution in [0.4, 0.5) is 13.2 Å². The van der Waals surface area contributed by atoms with Crippen LogP contribution < -0.4 is 5.32 Å². The van der Waals surface area contributed by atoms with Crippen LogP contribution in [0.5, 0.6) is 0 Å². The van der Waals surface area contributed by atoms with E-state index in [4.69, 9.17) is 5.11 Å². The van der Waals surface area contributed by atoms with Gasteiger partial charge in [-0.1, -0.05) is 13.3 Å². The molecule has 0 aliphatic rings. The van der Waals surface area contributed by atoms with E-state index in [9.17, 15) is 22.8 Å². The fourth-order valence-electron chi connectivity index (χ4n) is 0.977. The quantitative estimate of drug-likeness (QED) is 0.740. The Morgan fingerprint density at radius 3 is 2.27 bits per heavy atom. The minimum atomic E-state index is -4.96. The van der Waals surface area contributed by atoms with Gasteiger partial charge in [0.15, 0.2) is 0 Å². The molecular weight excluding hydrogens is 215 g/mol. The molecule has 0 radical (unpaired) electrons. The Balaban J connectivity index is 4.11.